The number of rotatable bonds is 8. The van der Waals surface area contributed by atoms with Crippen LogP contribution in [0.1, 0.15) is 68.6 Å². The molecular formula is C30H34N2O7. The summed E-state index contributed by atoms with van der Waals surface area (Å²) in [5.74, 6) is -0.394. The summed E-state index contributed by atoms with van der Waals surface area (Å²) >= 11 is 0. The van der Waals surface area contributed by atoms with Gasteiger partial charge in [0, 0.05) is 40.9 Å². The number of hydrogen-bond donors (Lipinski definition) is 1. The Bertz CT molecular complexity index is 1390. The molecule has 3 atom stereocenters. The predicted octanol–water partition coefficient (Wildman–Crippen LogP) is 5.62. The summed E-state index contributed by atoms with van der Waals surface area (Å²) in [5, 5.41) is 15.1. The smallest absolute Gasteiger partial charge is 0.337 e. The van der Waals surface area contributed by atoms with E-state index in [0.717, 1.165) is 5.56 Å². The number of nitrogens with zero attached hydrogens (tertiary/aromatic N) is 1. The Hall–Kier alpha value is -4.14. The fraction of sp³-hybridized carbons (Fsp3) is 0.400. The average molecular weight is 535 g/mol. The standard InChI is InChI=1S/C30H34N2O7/c1-7-17(3)39-30(34)27-18(4)31-22-12-21(19-10-11-25(37-5)26(15-19)38-6)14-24(33)29(22)28(27)20-9-8-16(2)23(13-20)32(35)36/h8-11,13,15,17,21,28,31H,7,12,14H2,1-6H3/t17-,21-,28-/m1/s1. The molecule has 0 spiro atoms. The summed E-state index contributed by atoms with van der Waals surface area (Å²) in [6.45, 7) is 7.16. The first kappa shape index (κ1) is 27.9. The molecule has 0 unspecified atom stereocenters. The van der Waals surface area contributed by atoms with Gasteiger partial charge >= 0.3 is 5.97 Å². The molecule has 9 nitrogen and oxygen atoms in total. The number of hydrogen-bond acceptors (Lipinski definition) is 8. The summed E-state index contributed by atoms with van der Waals surface area (Å²) in [6.07, 6.45) is 1.04. The molecular weight excluding hydrogens is 500 g/mol. The number of carbonyl (C=O) groups excluding carboxylic acids is 2. The molecule has 0 amide bonds. The van der Waals surface area contributed by atoms with Crippen molar-refractivity contribution in [3.8, 4) is 11.5 Å². The molecule has 4 rings (SSSR count). The zero-order valence-corrected chi connectivity index (χ0v) is 23.1. The van der Waals surface area contributed by atoms with E-state index < -0.39 is 16.8 Å². The second-order valence-corrected chi connectivity index (χ2v) is 10.1. The van der Waals surface area contributed by atoms with Crippen LogP contribution in [0.2, 0.25) is 0 Å². The SMILES string of the molecule is CC[C@@H](C)OC(=O)C1=C(C)NC2=C(C(=O)C[C@H](c3ccc(OC)c(OC)c3)C2)[C@@H]1c1ccc(C)c([N+](=O)[O-])c1. The van der Waals surface area contributed by atoms with E-state index >= 15 is 0 Å². The van der Waals surface area contributed by atoms with Gasteiger partial charge in [-0.2, -0.15) is 0 Å². The number of nitro benzene ring substituents is 1. The highest BCUT2D eigenvalue weighted by Gasteiger charge is 2.42. The fourth-order valence-electron chi connectivity index (χ4n) is 5.32. The molecule has 39 heavy (non-hydrogen) atoms. The van der Waals surface area contributed by atoms with Crippen molar-refractivity contribution >= 4 is 17.4 Å². The van der Waals surface area contributed by atoms with Gasteiger partial charge in [-0.3, -0.25) is 14.9 Å². The molecule has 9 heteroatoms. The molecule has 0 aromatic heterocycles. The van der Waals surface area contributed by atoms with Crippen LogP contribution < -0.4 is 14.8 Å². The van der Waals surface area contributed by atoms with Crippen molar-refractivity contribution in [3.05, 3.63) is 85.7 Å². The zero-order valence-electron chi connectivity index (χ0n) is 23.1. The minimum atomic E-state index is -0.782. The van der Waals surface area contributed by atoms with E-state index in [9.17, 15) is 19.7 Å². The molecule has 0 fully saturated rings. The largest absolute Gasteiger partial charge is 0.493 e. The van der Waals surface area contributed by atoms with E-state index in [1.807, 2.05) is 25.1 Å². The number of benzene rings is 2. The molecule has 0 saturated heterocycles. The fourth-order valence-corrected chi connectivity index (χ4v) is 5.32. The second-order valence-electron chi connectivity index (χ2n) is 10.1. The average Bonchev–Trinajstić information content (AvgIpc) is 2.91. The van der Waals surface area contributed by atoms with Crippen LogP contribution in [-0.2, 0) is 14.3 Å². The highest BCUT2D eigenvalue weighted by molar-refractivity contribution is 6.04. The number of carbonyl (C=O) groups is 2. The van der Waals surface area contributed by atoms with Gasteiger partial charge in [-0.15, -0.1) is 0 Å². The van der Waals surface area contributed by atoms with Crippen molar-refractivity contribution in [2.45, 2.75) is 64.9 Å². The van der Waals surface area contributed by atoms with Crippen LogP contribution in [0.3, 0.4) is 0 Å². The predicted molar refractivity (Wildman–Crippen MR) is 146 cm³/mol. The summed E-state index contributed by atoms with van der Waals surface area (Å²) in [7, 11) is 3.13. The number of nitro groups is 1. The summed E-state index contributed by atoms with van der Waals surface area (Å²) < 4.78 is 16.5. The lowest BCUT2D eigenvalue weighted by Gasteiger charge is -2.37. The highest BCUT2D eigenvalue weighted by Crippen LogP contribution is 2.47. The Morgan fingerprint density at radius 3 is 2.41 bits per heavy atom. The summed E-state index contributed by atoms with van der Waals surface area (Å²) in [4.78, 5) is 38.6. The van der Waals surface area contributed by atoms with Gasteiger partial charge in [0.1, 0.15) is 0 Å². The Balaban J connectivity index is 1.82. The van der Waals surface area contributed by atoms with Crippen molar-refractivity contribution in [1.29, 1.82) is 0 Å². The van der Waals surface area contributed by atoms with Gasteiger partial charge in [0.2, 0.25) is 0 Å². The topological polar surface area (TPSA) is 117 Å². The number of dihydropyridines is 1. The number of Topliss-reactive ketones (excluding diaryl/α,β-unsaturated/α-hetero) is 1. The summed E-state index contributed by atoms with van der Waals surface area (Å²) in [5.41, 5.74) is 3.89. The zero-order chi connectivity index (χ0) is 28.4. The minimum absolute atomic E-state index is 0.0630. The number of esters is 1. The van der Waals surface area contributed by atoms with Crippen molar-refractivity contribution in [2.75, 3.05) is 14.2 Å². The van der Waals surface area contributed by atoms with E-state index in [0.29, 0.717) is 58.0 Å². The van der Waals surface area contributed by atoms with Crippen LogP contribution in [-0.4, -0.2) is 37.0 Å². The third-order valence-corrected chi connectivity index (χ3v) is 7.57. The lowest BCUT2D eigenvalue weighted by molar-refractivity contribution is -0.385. The van der Waals surface area contributed by atoms with Crippen molar-refractivity contribution in [2.24, 2.45) is 0 Å². The Labute approximate surface area is 228 Å². The van der Waals surface area contributed by atoms with Gasteiger partial charge in [-0.05, 0) is 62.8 Å². The highest BCUT2D eigenvalue weighted by atomic mass is 16.6. The van der Waals surface area contributed by atoms with E-state index in [4.69, 9.17) is 14.2 Å². The van der Waals surface area contributed by atoms with Gasteiger partial charge in [0.25, 0.3) is 5.69 Å². The molecule has 2 aromatic carbocycles. The van der Waals surface area contributed by atoms with E-state index in [2.05, 4.69) is 5.32 Å². The molecule has 0 radical (unpaired) electrons. The maximum absolute atomic E-state index is 13.9. The lowest BCUT2D eigenvalue weighted by Crippen LogP contribution is -2.36. The Morgan fingerprint density at radius 2 is 1.77 bits per heavy atom. The lowest BCUT2D eigenvalue weighted by atomic mass is 9.71. The van der Waals surface area contributed by atoms with E-state index in [-0.39, 0.29) is 29.9 Å². The first-order valence-electron chi connectivity index (χ1n) is 13.0. The number of allylic oxidation sites excluding steroid dienone is 3. The maximum Gasteiger partial charge on any atom is 0.337 e. The molecule has 0 bridgehead atoms. The molecule has 2 aliphatic rings. The van der Waals surface area contributed by atoms with Crippen LogP contribution >= 0.6 is 0 Å². The van der Waals surface area contributed by atoms with Crippen LogP contribution in [0.4, 0.5) is 5.69 Å². The molecule has 1 aliphatic carbocycles. The van der Waals surface area contributed by atoms with E-state index in [1.165, 1.54) is 6.07 Å². The van der Waals surface area contributed by atoms with Crippen LogP contribution in [0, 0.1) is 17.0 Å². The number of ketones is 1. The van der Waals surface area contributed by atoms with Crippen molar-refractivity contribution in [3.63, 3.8) is 0 Å². The first-order valence-corrected chi connectivity index (χ1v) is 13.0. The molecule has 2 aromatic rings. The van der Waals surface area contributed by atoms with Crippen molar-refractivity contribution in [1.82, 2.24) is 5.32 Å². The number of aryl methyl sites for hydroxylation is 1. The second kappa shape index (κ2) is 11.3. The Morgan fingerprint density at radius 1 is 1.08 bits per heavy atom. The van der Waals surface area contributed by atoms with Crippen LogP contribution in [0.15, 0.2) is 58.9 Å². The van der Waals surface area contributed by atoms with Crippen LogP contribution in [0.5, 0.6) is 11.5 Å². The van der Waals surface area contributed by atoms with Gasteiger partial charge in [-0.25, -0.2) is 4.79 Å². The van der Waals surface area contributed by atoms with E-state index in [1.54, 1.807) is 47.1 Å². The normalized spacial score (nSPS) is 19.7. The number of methoxy groups -OCH3 is 2. The number of nitrogens with one attached hydrogen (secondary N) is 1. The van der Waals surface area contributed by atoms with Crippen molar-refractivity contribution < 1.29 is 28.7 Å². The van der Waals surface area contributed by atoms with Gasteiger partial charge in [-0.1, -0.05) is 25.1 Å². The molecule has 1 N–H and O–H groups in total. The molecule has 206 valence electrons. The first-order chi connectivity index (χ1) is 18.6. The van der Waals surface area contributed by atoms with Gasteiger partial charge < -0.3 is 19.5 Å². The Kier molecular flexibility index (Phi) is 8.09. The monoisotopic (exact) mass is 534 g/mol. The van der Waals surface area contributed by atoms with Crippen LogP contribution in [0.25, 0.3) is 0 Å². The third kappa shape index (κ3) is 5.39. The molecule has 0 saturated carbocycles. The molecule has 1 heterocycles. The van der Waals surface area contributed by atoms with Gasteiger partial charge in [0.05, 0.1) is 30.8 Å². The minimum Gasteiger partial charge on any atom is -0.493 e. The third-order valence-electron chi connectivity index (χ3n) is 7.57. The summed E-state index contributed by atoms with van der Waals surface area (Å²) in [6, 6.07) is 10.5. The van der Waals surface area contributed by atoms with Gasteiger partial charge in [0.15, 0.2) is 17.3 Å². The quantitative estimate of drug-likeness (QED) is 0.263. The molecule has 1 aliphatic heterocycles. The number of ether oxygens (including phenoxy) is 3. The maximum atomic E-state index is 13.9.